The SMILES string of the molecule is COC(=O)CCCC/C=C(/CNCCCN1CCCC1=O)COc1cccc2ccccc12. The van der Waals surface area contributed by atoms with Gasteiger partial charge in [0.2, 0.25) is 5.91 Å². The molecule has 0 unspecified atom stereocenters. The number of unbranched alkanes of at least 4 members (excludes halogenated alkanes) is 2. The molecule has 1 N–H and O–H groups in total. The number of carbonyl (C=O) groups excluding carboxylic acids is 2. The van der Waals surface area contributed by atoms with Gasteiger partial charge in [0.1, 0.15) is 12.4 Å². The predicted molar refractivity (Wildman–Crippen MR) is 131 cm³/mol. The number of fused-ring (bicyclic) bond motifs is 1. The lowest BCUT2D eigenvalue weighted by Crippen LogP contribution is -2.29. The van der Waals surface area contributed by atoms with Crippen LogP contribution in [0.1, 0.15) is 44.9 Å². The number of methoxy groups -OCH3 is 1. The minimum absolute atomic E-state index is 0.156. The fraction of sp³-hybridized carbons (Fsp3) is 0.481. The molecule has 0 radical (unpaired) electrons. The summed E-state index contributed by atoms with van der Waals surface area (Å²) in [5, 5.41) is 5.78. The van der Waals surface area contributed by atoms with Gasteiger partial charge < -0.3 is 19.7 Å². The minimum atomic E-state index is -0.156. The van der Waals surface area contributed by atoms with Crippen LogP contribution in [0, 0.1) is 0 Å². The number of allylic oxidation sites excluding steroid dienone is 1. The highest BCUT2D eigenvalue weighted by molar-refractivity contribution is 5.88. The maximum absolute atomic E-state index is 11.7. The van der Waals surface area contributed by atoms with Gasteiger partial charge in [0, 0.05) is 37.9 Å². The number of rotatable bonds is 14. The number of amides is 1. The summed E-state index contributed by atoms with van der Waals surface area (Å²) >= 11 is 0. The molecule has 1 amide bonds. The van der Waals surface area contributed by atoms with Gasteiger partial charge in [0.15, 0.2) is 0 Å². The number of hydrogen-bond donors (Lipinski definition) is 1. The molecule has 0 aliphatic carbocycles. The summed E-state index contributed by atoms with van der Waals surface area (Å²) in [6.07, 6.45) is 7.96. The van der Waals surface area contributed by atoms with Gasteiger partial charge >= 0.3 is 5.97 Å². The van der Waals surface area contributed by atoms with Gasteiger partial charge in [0.25, 0.3) is 0 Å². The molecule has 6 heteroatoms. The van der Waals surface area contributed by atoms with Crippen molar-refractivity contribution >= 4 is 22.6 Å². The van der Waals surface area contributed by atoms with Crippen molar-refractivity contribution in [1.82, 2.24) is 10.2 Å². The Bertz CT molecular complexity index is 935. The van der Waals surface area contributed by atoms with E-state index in [9.17, 15) is 9.59 Å². The lowest BCUT2D eigenvalue weighted by Gasteiger charge is -2.16. The molecule has 0 aromatic heterocycles. The van der Waals surface area contributed by atoms with E-state index in [0.29, 0.717) is 19.4 Å². The van der Waals surface area contributed by atoms with Crippen LogP contribution >= 0.6 is 0 Å². The van der Waals surface area contributed by atoms with E-state index in [1.54, 1.807) is 0 Å². The summed E-state index contributed by atoms with van der Waals surface area (Å²) in [6, 6.07) is 14.4. The second-order valence-corrected chi connectivity index (χ2v) is 8.46. The molecule has 1 aliphatic heterocycles. The van der Waals surface area contributed by atoms with E-state index in [1.807, 2.05) is 29.2 Å². The Morgan fingerprint density at radius 3 is 2.79 bits per heavy atom. The summed E-state index contributed by atoms with van der Waals surface area (Å²) in [5.74, 6) is 1.01. The number of carbonyl (C=O) groups is 2. The molecule has 178 valence electrons. The first-order valence-electron chi connectivity index (χ1n) is 12.0. The predicted octanol–water partition coefficient (Wildman–Crippen LogP) is 4.48. The van der Waals surface area contributed by atoms with Crippen LogP contribution in [0.5, 0.6) is 5.75 Å². The average molecular weight is 453 g/mol. The summed E-state index contributed by atoms with van der Waals surface area (Å²) < 4.78 is 10.9. The molecule has 2 aromatic rings. The first-order valence-corrected chi connectivity index (χ1v) is 12.0. The number of nitrogens with zero attached hydrogens (tertiary/aromatic N) is 1. The summed E-state index contributed by atoms with van der Waals surface area (Å²) in [7, 11) is 1.43. The van der Waals surface area contributed by atoms with Crippen LogP contribution in [-0.4, -0.2) is 56.7 Å². The second-order valence-electron chi connectivity index (χ2n) is 8.46. The molecule has 0 atom stereocenters. The Labute approximate surface area is 196 Å². The minimum Gasteiger partial charge on any atom is -0.489 e. The number of likely N-dealkylation sites (tertiary alicyclic amines) is 1. The van der Waals surface area contributed by atoms with Crippen LogP contribution in [-0.2, 0) is 14.3 Å². The maximum Gasteiger partial charge on any atom is 0.305 e. The molecule has 1 aliphatic rings. The third kappa shape index (κ3) is 8.21. The molecule has 0 saturated carbocycles. The molecular weight excluding hydrogens is 416 g/mol. The Balaban J connectivity index is 1.49. The van der Waals surface area contributed by atoms with Crippen molar-refractivity contribution in [2.45, 2.75) is 44.9 Å². The summed E-state index contributed by atoms with van der Waals surface area (Å²) in [5.41, 5.74) is 1.19. The molecule has 0 spiro atoms. The van der Waals surface area contributed by atoms with Gasteiger partial charge in [-0.15, -0.1) is 0 Å². The molecule has 1 fully saturated rings. The number of nitrogens with one attached hydrogen (secondary N) is 1. The Morgan fingerprint density at radius 1 is 1.12 bits per heavy atom. The molecule has 1 heterocycles. The topological polar surface area (TPSA) is 67.9 Å². The Hall–Kier alpha value is -2.86. The molecule has 0 bridgehead atoms. The van der Waals surface area contributed by atoms with E-state index >= 15 is 0 Å². The number of ether oxygens (including phenoxy) is 2. The van der Waals surface area contributed by atoms with E-state index in [-0.39, 0.29) is 11.9 Å². The van der Waals surface area contributed by atoms with Crippen LogP contribution in [0.4, 0.5) is 0 Å². The van der Waals surface area contributed by atoms with Crippen molar-refractivity contribution in [3.8, 4) is 5.75 Å². The van der Waals surface area contributed by atoms with Crippen molar-refractivity contribution < 1.29 is 19.1 Å². The number of esters is 1. The smallest absolute Gasteiger partial charge is 0.305 e. The van der Waals surface area contributed by atoms with Gasteiger partial charge in [-0.3, -0.25) is 9.59 Å². The highest BCUT2D eigenvalue weighted by Crippen LogP contribution is 2.25. The number of hydrogen-bond acceptors (Lipinski definition) is 5. The highest BCUT2D eigenvalue weighted by atomic mass is 16.5. The van der Waals surface area contributed by atoms with Gasteiger partial charge in [-0.2, -0.15) is 0 Å². The standard InChI is InChI=1S/C27H36N2O4/c1-32-27(31)16-4-2-3-10-22(20-28-17-9-19-29-18-8-15-26(29)30)21-33-25-14-7-12-23-11-5-6-13-24(23)25/h5-7,10-14,28H,2-4,8-9,15-21H2,1H3/b22-10-. The van der Waals surface area contributed by atoms with Crippen molar-refractivity contribution in [1.29, 1.82) is 0 Å². The van der Waals surface area contributed by atoms with E-state index in [4.69, 9.17) is 9.47 Å². The van der Waals surface area contributed by atoms with E-state index in [2.05, 4.69) is 29.6 Å². The fourth-order valence-electron chi connectivity index (χ4n) is 4.08. The summed E-state index contributed by atoms with van der Waals surface area (Å²) in [6.45, 7) is 3.84. The fourth-order valence-corrected chi connectivity index (χ4v) is 4.08. The summed E-state index contributed by atoms with van der Waals surface area (Å²) in [4.78, 5) is 25.0. The second kappa shape index (κ2) is 13.6. The zero-order chi connectivity index (χ0) is 23.3. The first kappa shape index (κ1) is 24.8. The molecular formula is C27H36N2O4. The van der Waals surface area contributed by atoms with E-state index in [0.717, 1.165) is 74.8 Å². The monoisotopic (exact) mass is 452 g/mol. The van der Waals surface area contributed by atoms with Crippen molar-refractivity contribution in [2.75, 3.05) is 39.9 Å². The molecule has 3 rings (SSSR count). The van der Waals surface area contributed by atoms with Crippen molar-refractivity contribution in [2.24, 2.45) is 0 Å². The quantitative estimate of drug-likeness (QED) is 0.260. The zero-order valence-corrected chi connectivity index (χ0v) is 19.7. The lowest BCUT2D eigenvalue weighted by molar-refractivity contribution is -0.140. The zero-order valence-electron chi connectivity index (χ0n) is 19.7. The highest BCUT2D eigenvalue weighted by Gasteiger charge is 2.18. The number of benzene rings is 2. The molecule has 6 nitrogen and oxygen atoms in total. The van der Waals surface area contributed by atoms with Crippen LogP contribution in [0.3, 0.4) is 0 Å². The normalized spacial score (nSPS) is 14.2. The lowest BCUT2D eigenvalue weighted by atomic mass is 10.1. The van der Waals surface area contributed by atoms with Crippen LogP contribution in [0.25, 0.3) is 10.8 Å². The van der Waals surface area contributed by atoms with E-state index < -0.39 is 0 Å². The molecule has 1 saturated heterocycles. The molecule has 33 heavy (non-hydrogen) atoms. The van der Waals surface area contributed by atoms with Gasteiger partial charge in [-0.1, -0.05) is 42.5 Å². The van der Waals surface area contributed by atoms with Crippen LogP contribution in [0.2, 0.25) is 0 Å². The van der Waals surface area contributed by atoms with Crippen molar-refractivity contribution in [3.05, 3.63) is 54.1 Å². The van der Waals surface area contributed by atoms with Gasteiger partial charge in [-0.05, 0) is 55.7 Å². The van der Waals surface area contributed by atoms with Crippen LogP contribution < -0.4 is 10.1 Å². The largest absolute Gasteiger partial charge is 0.489 e. The van der Waals surface area contributed by atoms with Gasteiger partial charge in [-0.25, -0.2) is 0 Å². The van der Waals surface area contributed by atoms with Crippen molar-refractivity contribution in [3.63, 3.8) is 0 Å². The van der Waals surface area contributed by atoms with Crippen LogP contribution in [0.15, 0.2) is 54.1 Å². The average Bonchev–Trinajstić information content (AvgIpc) is 3.25. The molecule has 2 aromatic carbocycles. The van der Waals surface area contributed by atoms with Gasteiger partial charge in [0.05, 0.1) is 7.11 Å². The third-order valence-corrected chi connectivity index (χ3v) is 5.96. The Kier molecular flexibility index (Phi) is 10.2. The Morgan fingerprint density at radius 2 is 1.97 bits per heavy atom. The maximum atomic E-state index is 11.7. The third-order valence-electron chi connectivity index (χ3n) is 5.96. The van der Waals surface area contributed by atoms with E-state index in [1.165, 1.54) is 12.7 Å². The first-order chi connectivity index (χ1) is 16.2.